The molecular formula is C18H27NO. The van der Waals surface area contributed by atoms with Crippen LogP contribution in [0.15, 0.2) is 18.2 Å². The Kier molecular flexibility index (Phi) is 3.13. The molecule has 0 heterocycles. The van der Waals surface area contributed by atoms with Gasteiger partial charge in [-0.25, -0.2) is 0 Å². The molecule has 1 aromatic rings. The van der Waals surface area contributed by atoms with Crippen LogP contribution in [0.4, 0.5) is 0 Å². The number of benzene rings is 1. The molecule has 2 heteroatoms. The van der Waals surface area contributed by atoms with Gasteiger partial charge < -0.3 is 10.1 Å². The van der Waals surface area contributed by atoms with Crippen molar-refractivity contribution >= 4 is 0 Å². The van der Waals surface area contributed by atoms with Crippen LogP contribution in [0, 0.1) is 10.8 Å². The van der Waals surface area contributed by atoms with Crippen LogP contribution < -0.4 is 10.1 Å². The second kappa shape index (κ2) is 4.49. The third-order valence-corrected chi connectivity index (χ3v) is 6.06. The van der Waals surface area contributed by atoms with Crippen LogP contribution in [-0.2, 0) is 12.8 Å². The van der Waals surface area contributed by atoms with Gasteiger partial charge in [-0.3, -0.25) is 0 Å². The van der Waals surface area contributed by atoms with Gasteiger partial charge in [-0.05, 0) is 53.4 Å². The van der Waals surface area contributed by atoms with Crippen molar-refractivity contribution < 1.29 is 4.74 Å². The Labute approximate surface area is 122 Å². The summed E-state index contributed by atoms with van der Waals surface area (Å²) in [6.07, 6.45) is 3.57. The van der Waals surface area contributed by atoms with Crippen LogP contribution in [-0.4, -0.2) is 19.2 Å². The Morgan fingerprint density at radius 1 is 1.10 bits per heavy atom. The first-order valence-corrected chi connectivity index (χ1v) is 7.78. The van der Waals surface area contributed by atoms with Crippen LogP contribution in [0.5, 0.6) is 5.75 Å². The van der Waals surface area contributed by atoms with Gasteiger partial charge in [0.2, 0.25) is 0 Å². The topological polar surface area (TPSA) is 21.3 Å². The van der Waals surface area contributed by atoms with Gasteiger partial charge in [0.1, 0.15) is 5.75 Å². The van der Waals surface area contributed by atoms with Crippen molar-refractivity contribution in [3.05, 3.63) is 29.3 Å². The number of hydrogen-bond acceptors (Lipinski definition) is 2. The van der Waals surface area contributed by atoms with Crippen LogP contribution in [0.3, 0.4) is 0 Å². The average molecular weight is 273 g/mol. The smallest absolute Gasteiger partial charge is 0.119 e. The summed E-state index contributed by atoms with van der Waals surface area (Å²) in [5, 5.41) is 3.91. The largest absolute Gasteiger partial charge is 0.497 e. The molecule has 1 unspecified atom stereocenters. The van der Waals surface area contributed by atoms with Crippen molar-refractivity contribution in [1.29, 1.82) is 0 Å². The molecule has 1 saturated carbocycles. The van der Waals surface area contributed by atoms with E-state index in [1.54, 1.807) is 7.11 Å². The minimum atomic E-state index is 0.418. The number of ether oxygens (including phenoxy) is 1. The van der Waals surface area contributed by atoms with Crippen molar-refractivity contribution in [3.63, 3.8) is 0 Å². The molecule has 0 bridgehead atoms. The minimum Gasteiger partial charge on any atom is -0.497 e. The molecule has 110 valence electrons. The van der Waals surface area contributed by atoms with Crippen molar-refractivity contribution in [3.8, 4) is 5.75 Å². The van der Waals surface area contributed by atoms with E-state index in [1.165, 1.54) is 24.0 Å². The zero-order chi connectivity index (χ0) is 14.5. The molecule has 0 saturated heterocycles. The Morgan fingerprint density at radius 2 is 1.80 bits per heavy atom. The number of fused-ring (bicyclic) bond motifs is 1. The van der Waals surface area contributed by atoms with E-state index in [1.807, 2.05) is 0 Å². The fraction of sp³-hybridized carbons (Fsp3) is 0.667. The fourth-order valence-electron chi connectivity index (χ4n) is 3.85. The maximum absolute atomic E-state index is 5.35. The predicted octanol–water partition coefficient (Wildman–Crippen LogP) is 3.58. The third-order valence-electron chi connectivity index (χ3n) is 6.06. The minimum absolute atomic E-state index is 0.418. The number of nitrogens with one attached hydrogen (secondary N) is 1. The molecule has 0 aromatic heterocycles. The van der Waals surface area contributed by atoms with E-state index in [0.29, 0.717) is 22.9 Å². The first-order chi connectivity index (χ1) is 9.36. The summed E-state index contributed by atoms with van der Waals surface area (Å²) in [6.45, 7) is 9.52. The molecule has 3 rings (SSSR count). The molecule has 0 spiro atoms. The van der Waals surface area contributed by atoms with Crippen LogP contribution in [0.1, 0.15) is 45.2 Å². The van der Waals surface area contributed by atoms with Gasteiger partial charge in [-0.1, -0.05) is 33.8 Å². The lowest BCUT2D eigenvalue weighted by molar-refractivity contribution is 0.405. The number of methoxy groups -OCH3 is 1. The van der Waals surface area contributed by atoms with Crippen LogP contribution in [0.2, 0.25) is 0 Å². The summed E-state index contributed by atoms with van der Waals surface area (Å²) in [7, 11) is 1.75. The molecule has 1 N–H and O–H groups in total. The Morgan fingerprint density at radius 3 is 2.40 bits per heavy atom. The van der Waals surface area contributed by atoms with Gasteiger partial charge in [0.05, 0.1) is 7.11 Å². The van der Waals surface area contributed by atoms with E-state index in [0.717, 1.165) is 12.2 Å². The van der Waals surface area contributed by atoms with E-state index in [9.17, 15) is 0 Å². The summed E-state index contributed by atoms with van der Waals surface area (Å²) in [5.74, 6) is 0.983. The molecule has 0 radical (unpaired) electrons. The van der Waals surface area contributed by atoms with Gasteiger partial charge in [0.15, 0.2) is 0 Å². The van der Waals surface area contributed by atoms with Crippen molar-refractivity contribution in [2.75, 3.05) is 7.11 Å². The molecule has 0 amide bonds. The second-order valence-corrected chi connectivity index (χ2v) is 7.62. The van der Waals surface area contributed by atoms with Gasteiger partial charge in [-0.2, -0.15) is 0 Å². The lowest BCUT2D eigenvalue weighted by atomic mass is 9.88. The highest BCUT2D eigenvalue weighted by atomic mass is 16.5. The number of aryl methyl sites for hydroxylation is 1. The van der Waals surface area contributed by atoms with Gasteiger partial charge >= 0.3 is 0 Å². The SMILES string of the molecule is COc1ccc2c(c1)CC(NC1C(C)(C)C1(C)C)CC2. The molecule has 20 heavy (non-hydrogen) atoms. The highest BCUT2D eigenvalue weighted by molar-refractivity contribution is 5.38. The zero-order valence-corrected chi connectivity index (χ0v) is 13.4. The molecule has 1 aromatic carbocycles. The van der Waals surface area contributed by atoms with E-state index >= 15 is 0 Å². The molecular weight excluding hydrogens is 246 g/mol. The second-order valence-electron chi connectivity index (χ2n) is 7.62. The Bertz CT molecular complexity index is 504. The lowest BCUT2D eigenvalue weighted by Crippen LogP contribution is -2.38. The molecule has 1 atom stereocenters. The third kappa shape index (κ3) is 2.05. The van der Waals surface area contributed by atoms with Crippen LogP contribution in [0.25, 0.3) is 0 Å². The first kappa shape index (κ1) is 13.9. The van der Waals surface area contributed by atoms with Crippen molar-refractivity contribution in [2.45, 2.75) is 59.0 Å². The van der Waals surface area contributed by atoms with Crippen LogP contribution >= 0.6 is 0 Å². The Balaban J connectivity index is 1.70. The first-order valence-electron chi connectivity index (χ1n) is 7.78. The normalized spacial score (nSPS) is 26.9. The summed E-state index contributed by atoms with van der Waals surface area (Å²) >= 11 is 0. The molecule has 2 nitrogen and oxygen atoms in total. The number of rotatable bonds is 3. The maximum atomic E-state index is 5.35. The summed E-state index contributed by atoms with van der Waals surface area (Å²) in [4.78, 5) is 0. The fourth-order valence-corrected chi connectivity index (χ4v) is 3.85. The summed E-state index contributed by atoms with van der Waals surface area (Å²) in [5.41, 5.74) is 3.80. The van der Waals surface area contributed by atoms with E-state index in [4.69, 9.17) is 4.74 Å². The standard InChI is InChI=1S/C18H27NO/c1-17(2)16(18(17,3)4)19-14-8-6-12-7-9-15(20-5)11-13(12)10-14/h7,9,11,14,16,19H,6,8,10H2,1-5H3. The Hall–Kier alpha value is -1.02. The van der Waals surface area contributed by atoms with Gasteiger partial charge in [0, 0.05) is 12.1 Å². The average Bonchev–Trinajstić information content (AvgIpc) is 2.80. The van der Waals surface area contributed by atoms with Gasteiger partial charge in [-0.15, -0.1) is 0 Å². The van der Waals surface area contributed by atoms with E-state index in [2.05, 4.69) is 51.2 Å². The van der Waals surface area contributed by atoms with Gasteiger partial charge in [0.25, 0.3) is 0 Å². The monoisotopic (exact) mass is 273 g/mol. The molecule has 0 aliphatic heterocycles. The van der Waals surface area contributed by atoms with Crippen molar-refractivity contribution in [1.82, 2.24) is 5.32 Å². The van der Waals surface area contributed by atoms with Crippen molar-refractivity contribution in [2.24, 2.45) is 10.8 Å². The molecule has 2 aliphatic carbocycles. The number of hydrogen-bond donors (Lipinski definition) is 1. The quantitative estimate of drug-likeness (QED) is 0.909. The van der Waals surface area contributed by atoms with E-state index in [-0.39, 0.29) is 0 Å². The molecule has 2 aliphatic rings. The lowest BCUT2D eigenvalue weighted by Gasteiger charge is -2.27. The molecule has 1 fully saturated rings. The maximum Gasteiger partial charge on any atom is 0.119 e. The highest BCUT2D eigenvalue weighted by Gasteiger charge is 2.64. The summed E-state index contributed by atoms with van der Waals surface area (Å²) < 4.78 is 5.35. The predicted molar refractivity (Wildman–Crippen MR) is 83.3 cm³/mol. The van der Waals surface area contributed by atoms with E-state index < -0.39 is 0 Å². The highest BCUT2D eigenvalue weighted by Crippen LogP contribution is 2.62. The summed E-state index contributed by atoms with van der Waals surface area (Å²) in [6, 6.07) is 7.79. The zero-order valence-electron chi connectivity index (χ0n) is 13.4.